The minimum absolute atomic E-state index is 0.0206. The van der Waals surface area contributed by atoms with Crippen molar-refractivity contribution < 1.29 is 87.6 Å². The lowest BCUT2D eigenvalue weighted by molar-refractivity contribution is -0.331. The number of rotatable bonds is 10. The Labute approximate surface area is 388 Å². The molecule has 0 radical (unpaired) electrons. The largest absolute Gasteiger partial charge is 0.507 e. The second kappa shape index (κ2) is 19.8. The molecule has 5 aliphatic heterocycles. The van der Waals surface area contributed by atoms with Crippen LogP contribution in [0, 0.1) is 6.92 Å². The number of ketones is 2. The normalized spacial score (nSPS) is 41.3. The first kappa shape index (κ1) is 48.6. The smallest absolute Gasteiger partial charge is 0.202 e. The average molecular weight is 941 g/mol. The number of hydrogen-bond acceptors (Lipinski definition) is 18. The van der Waals surface area contributed by atoms with Gasteiger partial charge in [0.15, 0.2) is 36.7 Å². The second-order valence-corrected chi connectivity index (χ2v) is 19.2. The van der Waals surface area contributed by atoms with Crippen molar-refractivity contribution >= 4 is 17.1 Å². The zero-order valence-electron chi connectivity index (χ0n) is 38.6. The van der Waals surface area contributed by atoms with Gasteiger partial charge in [0.2, 0.25) is 6.29 Å². The minimum Gasteiger partial charge on any atom is -0.507 e. The highest BCUT2D eigenvalue weighted by molar-refractivity contribution is 6.42. The third-order valence-corrected chi connectivity index (χ3v) is 14.3. The molecular weight excluding hydrogens is 877 g/mol. The Kier molecular flexibility index (Phi) is 14.3. The van der Waals surface area contributed by atoms with E-state index >= 15 is 0 Å². The number of aliphatic hydroxyl groups is 5. The summed E-state index contributed by atoms with van der Waals surface area (Å²) in [5.41, 5.74) is 1.49. The summed E-state index contributed by atoms with van der Waals surface area (Å²) in [4.78, 5) is 28.2. The van der Waals surface area contributed by atoms with Gasteiger partial charge >= 0.3 is 0 Å². The van der Waals surface area contributed by atoms with Crippen molar-refractivity contribution in [3.8, 4) is 11.5 Å². The Morgan fingerprint density at radius 2 is 1.16 bits per heavy atom. The van der Waals surface area contributed by atoms with Crippen LogP contribution in [0.2, 0.25) is 0 Å². The first-order valence-electron chi connectivity index (χ1n) is 23.7. The molecule has 0 bridgehead atoms. The molecule has 0 amide bonds. The SMILES string of the molecule is Cc1cc(O)c2c(c1)C[C@@H](O)C1=C2C(=O)c2cccc(OC3CC(O)C(OC4CC(OC5CCC(OC6CCC(OC7CC(O)C(O)C(C)O7)C(C)O6)C(C)O5)C(O)C(C)O4)C(C)O3)c2C1=O. The van der Waals surface area contributed by atoms with Gasteiger partial charge in [-0.3, -0.25) is 9.59 Å². The molecule has 2 aromatic carbocycles. The number of carbonyl (C=O) groups is 2. The summed E-state index contributed by atoms with van der Waals surface area (Å²) in [7, 11) is 0. The lowest BCUT2D eigenvalue weighted by Crippen LogP contribution is -2.55. The summed E-state index contributed by atoms with van der Waals surface area (Å²) in [6.45, 7) is 10.7. The van der Waals surface area contributed by atoms with E-state index in [1.807, 2.05) is 13.8 Å². The molecule has 0 saturated carbocycles. The number of ether oxygens (including phenoxy) is 10. The number of aromatic hydroxyl groups is 1. The predicted molar refractivity (Wildman–Crippen MR) is 233 cm³/mol. The summed E-state index contributed by atoms with van der Waals surface area (Å²) in [5, 5.41) is 64.8. The van der Waals surface area contributed by atoms with E-state index in [0.717, 1.165) is 5.56 Å². The van der Waals surface area contributed by atoms with E-state index in [2.05, 4.69) is 0 Å². The van der Waals surface area contributed by atoms with Crippen molar-refractivity contribution in [2.45, 2.75) is 210 Å². The number of aliphatic hydroxyl groups excluding tert-OH is 5. The molecule has 368 valence electrons. The Bertz CT molecular complexity index is 2160. The molecule has 5 saturated heterocycles. The summed E-state index contributed by atoms with van der Waals surface area (Å²) < 4.78 is 61.8. The maximum Gasteiger partial charge on any atom is 0.202 e. The zero-order valence-corrected chi connectivity index (χ0v) is 38.6. The number of Topliss-reactive ketones (excluding diaryl/α,β-unsaturated/α-hetero) is 2. The molecule has 18 heteroatoms. The topological polar surface area (TPSA) is 248 Å². The van der Waals surface area contributed by atoms with Crippen LogP contribution in [0.4, 0.5) is 0 Å². The van der Waals surface area contributed by atoms with Crippen LogP contribution in [0.3, 0.4) is 0 Å². The van der Waals surface area contributed by atoms with Crippen LogP contribution in [-0.2, 0) is 49.1 Å². The summed E-state index contributed by atoms with van der Waals surface area (Å²) in [5.74, 6) is -1.20. The van der Waals surface area contributed by atoms with E-state index in [1.165, 1.54) is 18.2 Å². The molecule has 9 rings (SSSR count). The van der Waals surface area contributed by atoms with Crippen LogP contribution in [0.25, 0.3) is 5.57 Å². The molecule has 18 nitrogen and oxygen atoms in total. The third kappa shape index (κ3) is 9.86. The number of carbonyl (C=O) groups excluding carboxylic acids is 2. The van der Waals surface area contributed by atoms with Crippen LogP contribution < -0.4 is 4.74 Å². The first-order chi connectivity index (χ1) is 31.9. The zero-order chi connectivity index (χ0) is 47.6. The van der Waals surface area contributed by atoms with Crippen LogP contribution in [0.5, 0.6) is 11.5 Å². The monoisotopic (exact) mass is 940 g/mol. The van der Waals surface area contributed by atoms with Gasteiger partial charge in [-0.05, 0) is 77.6 Å². The van der Waals surface area contributed by atoms with E-state index in [4.69, 9.17) is 47.4 Å². The van der Waals surface area contributed by atoms with Gasteiger partial charge in [0.1, 0.15) is 29.8 Å². The molecule has 18 unspecified atom stereocenters. The number of phenolic OH excluding ortho intramolecular Hbond substituents is 1. The van der Waals surface area contributed by atoms with Crippen molar-refractivity contribution in [2.75, 3.05) is 0 Å². The van der Waals surface area contributed by atoms with Crippen LogP contribution in [-0.4, -0.2) is 159 Å². The summed E-state index contributed by atoms with van der Waals surface area (Å²) >= 11 is 0. The highest BCUT2D eigenvalue weighted by atomic mass is 16.7. The Morgan fingerprint density at radius 3 is 1.81 bits per heavy atom. The van der Waals surface area contributed by atoms with Gasteiger partial charge < -0.3 is 78.0 Å². The second-order valence-electron chi connectivity index (χ2n) is 19.2. The summed E-state index contributed by atoms with van der Waals surface area (Å²) in [6.07, 6.45) is -11.0. The maximum absolute atomic E-state index is 14.1. The van der Waals surface area contributed by atoms with Gasteiger partial charge in [-0.15, -0.1) is 0 Å². The fourth-order valence-corrected chi connectivity index (χ4v) is 10.7. The highest BCUT2D eigenvalue weighted by Gasteiger charge is 2.47. The van der Waals surface area contributed by atoms with Gasteiger partial charge in [-0.1, -0.05) is 18.2 Å². The average Bonchev–Trinajstić information content (AvgIpc) is 3.26. The Hall–Kier alpha value is -3.44. The first-order valence-corrected chi connectivity index (χ1v) is 23.7. The lowest BCUT2D eigenvalue weighted by Gasteiger charge is -2.44. The number of aryl methyl sites for hydroxylation is 1. The third-order valence-electron chi connectivity index (χ3n) is 14.3. The van der Waals surface area contributed by atoms with Crippen molar-refractivity contribution in [3.05, 3.63) is 63.7 Å². The number of phenols is 1. The van der Waals surface area contributed by atoms with Gasteiger partial charge in [0.05, 0.1) is 72.7 Å². The molecule has 2 aromatic rings. The number of benzene rings is 2. The van der Waals surface area contributed by atoms with Crippen LogP contribution in [0.15, 0.2) is 35.9 Å². The molecule has 0 spiro atoms. The fourth-order valence-electron chi connectivity index (χ4n) is 10.7. The van der Waals surface area contributed by atoms with E-state index in [0.29, 0.717) is 31.2 Å². The molecule has 0 aromatic heterocycles. The van der Waals surface area contributed by atoms with E-state index in [9.17, 15) is 40.2 Å². The Morgan fingerprint density at radius 1 is 0.582 bits per heavy atom. The molecule has 2 aliphatic carbocycles. The van der Waals surface area contributed by atoms with Crippen molar-refractivity contribution in [1.82, 2.24) is 0 Å². The van der Waals surface area contributed by atoms with E-state index < -0.39 is 104 Å². The quantitative estimate of drug-likeness (QED) is 0.200. The fraction of sp³-hybridized carbons (Fsp3) is 0.673. The molecular formula is C49H64O18. The van der Waals surface area contributed by atoms with E-state index in [-0.39, 0.29) is 89.4 Å². The standard InChI is InChI=1S/C49H64O18/c1-20-14-26-16-29(51)43-44(41(26)28(50)15-20)47(56)27-8-7-9-34(42(27)48(43)57)65-39-18-31(53)49(25(6)62-39)67-40-19-35(46(55)24(5)61-40)66-37-13-10-32(21(2)59-37)63-36-12-11-33(22(3)58-36)64-38-17-30(52)45(54)23(4)60-38/h7-9,14-15,21-25,29-33,35-40,45-46,49-55H,10-13,16-19H2,1-6H3/t21?,22?,23?,24?,25?,29-,30?,31?,32?,33?,35?,36?,37?,38?,39?,40?,45?,46?,49?/m1/s1. The van der Waals surface area contributed by atoms with Crippen LogP contribution >= 0.6 is 0 Å². The minimum atomic E-state index is -1.28. The van der Waals surface area contributed by atoms with Gasteiger partial charge in [0.25, 0.3) is 0 Å². The van der Waals surface area contributed by atoms with Crippen molar-refractivity contribution in [1.29, 1.82) is 0 Å². The lowest BCUT2D eigenvalue weighted by atomic mass is 9.73. The summed E-state index contributed by atoms with van der Waals surface area (Å²) in [6, 6.07) is 7.92. The molecule has 19 atom stereocenters. The van der Waals surface area contributed by atoms with Gasteiger partial charge in [-0.2, -0.15) is 0 Å². The van der Waals surface area contributed by atoms with Gasteiger partial charge in [-0.25, -0.2) is 0 Å². The Balaban J connectivity index is 0.765. The van der Waals surface area contributed by atoms with Gasteiger partial charge in [0, 0.05) is 60.8 Å². The molecule has 5 fully saturated rings. The molecule has 7 aliphatic rings. The predicted octanol–water partition coefficient (Wildman–Crippen LogP) is 3.27. The van der Waals surface area contributed by atoms with E-state index in [1.54, 1.807) is 39.8 Å². The van der Waals surface area contributed by atoms with Crippen molar-refractivity contribution in [3.63, 3.8) is 0 Å². The molecule has 6 N–H and O–H groups in total. The highest BCUT2D eigenvalue weighted by Crippen LogP contribution is 2.46. The van der Waals surface area contributed by atoms with Crippen LogP contribution in [0.1, 0.15) is 117 Å². The molecule has 67 heavy (non-hydrogen) atoms. The number of fused-ring (bicyclic) bond motifs is 3. The molecule has 5 heterocycles. The number of allylic oxidation sites excluding steroid dienone is 1. The van der Waals surface area contributed by atoms with Crippen molar-refractivity contribution in [2.24, 2.45) is 0 Å². The maximum atomic E-state index is 14.1. The number of hydrogen-bond donors (Lipinski definition) is 6.